The summed E-state index contributed by atoms with van der Waals surface area (Å²) in [5.41, 5.74) is 0.953. The van der Waals surface area contributed by atoms with Crippen LogP contribution in [-0.4, -0.2) is 38.6 Å². The Bertz CT molecular complexity index is 949. The molecule has 2 amide bonds. The standard InChI is InChI=1S/C20H20N4O4S/c1-2-11-23-19(26)17(29-20(23)22-14-7-4-3-5-8-14)13-18(25)21-15-9-6-10-16(12-15)24(27)28/h3-10,12,17H,2,11,13H2,1H3,(H,21,25). The van der Waals surface area contributed by atoms with Crippen LogP contribution in [0.15, 0.2) is 59.6 Å². The molecule has 2 aromatic carbocycles. The van der Waals surface area contributed by atoms with Crippen molar-refractivity contribution in [3.63, 3.8) is 0 Å². The summed E-state index contributed by atoms with van der Waals surface area (Å²) in [7, 11) is 0. The number of benzene rings is 2. The zero-order valence-corrected chi connectivity index (χ0v) is 16.6. The van der Waals surface area contributed by atoms with E-state index in [0.29, 0.717) is 17.4 Å². The number of carbonyl (C=O) groups is 2. The topological polar surface area (TPSA) is 105 Å². The Morgan fingerprint density at radius 3 is 2.69 bits per heavy atom. The fraction of sp³-hybridized carbons (Fsp3) is 0.250. The SMILES string of the molecule is CCCN1C(=O)C(CC(=O)Nc2cccc([N+](=O)[O-])c2)SC1=Nc1ccccc1. The van der Waals surface area contributed by atoms with Gasteiger partial charge in [-0.05, 0) is 24.6 Å². The number of amides is 2. The molecule has 2 aromatic rings. The first-order valence-electron chi connectivity index (χ1n) is 9.14. The second kappa shape index (κ2) is 9.33. The third-order valence-electron chi connectivity index (χ3n) is 4.16. The first kappa shape index (κ1) is 20.5. The van der Waals surface area contributed by atoms with E-state index in [1.54, 1.807) is 11.0 Å². The summed E-state index contributed by atoms with van der Waals surface area (Å²) in [6.45, 7) is 2.50. The average molecular weight is 412 g/mol. The number of nitro benzene ring substituents is 1. The van der Waals surface area contributed by atoms with Crippen molar-refractivity contribution < 1.29 is 14.5 Å². The normalized spacial score (nSPS) is 17.6. The summed E-state index contributed by atoms with van der Waals surface area (Å²) in [5, 5.41) is 13.5. The van der Waals surface area contributed by atoms with E-state index >= 15 is 0 Å². The van der Waals surface area contributed by atoms with Crippen LogP contribution < -0.4 is 5.32 Å². The molecule has 1 aliphatic heterocycles. The predicted molar refractivity (Wildman–Crippen MR) is 113 cm³/mol. The summed E-state index contributed by atoms with van der Waals surface area (Å²) >= 11 is 1.27. The van der Waals surface area contributed by atoms with Crippen LogP contribution in [0.4, 0.5) is 17.1 Å². The van der Waals surface area contributed by atoms with Crippen molar-refractivity contribution in [1.82, 2.24) is 4.90 Å². The van der Waals surface area contributed by atoms with Crippen molar-refractivity contribution in [3.8, 4) is 0 Å². The molecule has 150 valence electrons. The summed E-state index contributed by atoms with van der Waals surface area (Å²) < 4.78 is 0. The second-order valence-electron chi connectivity index (χ2n) is 6.39. The number of carbonyl (C=O) groups excluding carboxylic acids is 2. The highest BCUT2D eigenvalue weighted by Gasteiger charge is 2.38. The van der Waals surface area contributed by atoms with Gasteiger partial charge in [-0.25, -0.2) is 4.99 Å². The Kier molecular flexibility index (Phi) is 6.61. The van der Waals surface area contributed by atoms with Crippen molar-refractivity contribution in [1.29, 1.82) is 0 Å². The summed E-state index contributed by atoms with van der Waals surface area (Å²) in [6.07, 6.45) is 0.729. The van der Waals surface area contributed by atoms with E-state index in [-0.39, 0.29) is 23.9 Å². The van der Waals surface area contributed by atoms with Crippen LogP contribution in [0, 0.1) is 10.1 Å². The van der Waals surface area contributed by atoms with Crippen LogP contribution >= 0.6 is 11.8 Å². The molecule has 1 unspecified atom stereocenters. The summed E-state index contributed by atoms with van der Waals surface area (Å²) in [6, 6.07) is 15.0. The van der Waals surface area contributed by atoms with Gasteiger partial charge in [0.2, 0.25) is 11.8 Å². The van der Waals surface area contributed by atoms with Gasteiger partial charge in [0.25, 0.3) is 5.69 Å². The highest BCUT2D eigenvalue weighted by Crippen LogP contribution is 2.32. The van der Waals surface area contributed by atoms with Crippen molar-refractivity contribution in [2.75, 3.05) is 11.9 Å². The minimum atomic E-state index is -0.581. The Hall–Kier alpha value is -3.20. The first-order chi connectivity index (χ1) is 14.0. The van der Waals surface area contributed by atoms with Gasteiger partial charge in [0, 0.05) is 30.8 Å². The Labute approximate surface area is 172 Å². The molecule has 0 radical (unpaired) electrons. The summed E-state index contributed by atoms with van der Waals surface area (Å²) in [5.74, 6) is -0.533. The lowest BCUT2D eigenvalue weighted by Crippen LogP contribution is -2.34. The smallest absolute Gasteiger partial charge is 0.271 e. The Balaban J connectivity index is 1.71. The molecule has 1 heterocycles. The molecule has 1 fully saturated rings. The quantitative estimate of drug-likeness (QED) is 0.547. The van der Waals surface area contributed by atoms with E-state index < -0.39 is 10.2 Å². The number of non-ortho nitro benzene ring substituents is 1. The summed E-state index contributed by atoms with van der Waals surface area (Å²) in [4.78, 5) is 41.7. The maximum atomic E-state index is 12.8. The number of rotatable bonds is 7. The van der Waals surface area contributed by atoms with Crippen LogP contribution in [-0.2, 0) is 9.59 Å². The number of para-hydroxylation sites is 1. The van der Waals surface area contributed by atoms with Crippen molar-refractivity contribution in [2.45, 2.75) is 25.0 Å². The lowest BCUT2D eigenvalue weighted by atomic mass is 10.2. The van der Waals surface area contributed by atoms with Gasteiger partial charge in [-0.3, -0.25) is 24.6 Å². The number of aliphatic imine (C=N–C) groups is 1. The van der Waals surface area contributed by atoms with E-state index in [4.69, 9.17) is 0 Å². The third-order valence-corrected chi connectivity index (χ3v) is 5.34. The predicted octanol–water partition coefficient (Wildman–Crippen LogP) is 3.97. The highest BCUT2D eigenvalue weighted by atomic mass is 32.2. The van der Waals surface area contributed by atoms with Crippen LogP contribution in [0.2, 0.25) is 0 Å². The number of thioether (sulfide) groups is 1. The molecule has 8 nitrogen and oxygen atoms in total. The number of nitrogens with one attached hydrogen (secondary N) is 1. The lowest BCUT2D eigenvalue weighted by Gasteiger charge is -2.15. The monoisotopic (exact) mass is 412 g/mol. The molecule has 0 saturated carbocycles. The fourth-order valence-corrected chi connectivity index (χ4v) is 4.03. The third kappa shape index (κ3) is 5.20. The molecule has 9 heteroatoms. The highest BCUT2D eigenvalue weighted by molar-refractivity contribution is 8.15. The van der Waals surface area contributed by atoms with Crippen molar-refractivity contribution in [2.24, 2.45) is 4.99 Å². The minimum absolute atomic E-state index is 0.0415. The zero-order chi connectivity index (χ0) is 20.8. The average Bonchev–Trinajstić information content (AvgIpc) is 2.98. The van der Waals surface area contributed by atoms with E-state index in [0.717, 1.165) is 12.1 Å². The molecule has 0 aromatic heterocycles. The molecular formula is C20H20N4O4S. The molecule has 0 bridgehead atoms. The van der Waals surface area contributed by atoms with E-state index in [1.807, 2.05) is 37.3 Å². The lowest BCUT2D eigenvalue weighted by molar-refractivity contribution is -0.384. The van der Waals surface area contributed by atoms with Gasteiger partial charge in [-0.15, -0.1) is 0 Å². The van der Waals surface area contributed by atoms with Gasteiger partial charge in [-0.2, -0.15) is 0 Å². The van der Waals surface area contributed by atoms with Crippen LogP contribution in [0.1, 0.15) is 19.8 Å². The molecule has 1 atom stereocenters. The van der Waals surface area contributed by atoms with Gasteiger partial charge in [-0.1, -0.05) is 43.0 Å². The Morgan fingerprint density at radius 1 is 1.24 bits per heavy atom. The van der Waals surface area contributed by atoms with Gasteiger partial charge < -0.3 is 5.32 Å². The maximum Gasteiger partial charge on any atom is 0.271 e. The number of anilines is 1. The second-order valence-corrected chi connectivity index (χ2v) is 7.56. The maximum absolute atomic E-state index is 12.8. The number of hydrogen-bond acceptors (Lipinski definition) is 6. The van der Waals surface area contributed by atoms with Gasteiger partial charge in [0.1, 0.15) is 5.25 Å². The molecule has 1 aliphatic rings. The van der Waals surface area contributed by atoms with Crippen LogP contribution in [0.3, 0.4) is 0 Å². The van der Waals surface area contributed by atoms with Crippen LogP contribution in [0.25, 0.3) is 0 Å². The van der Waals surface area contributed by atoms with E-state index in [2.05, 4.69) is 10.3 Å². The molecule has 1 saturated heterocycles. The fourth-order valence-electron chi connectivity index (χ4n) is 2.85. The van der Waals surface area contributed by atoms with Gasteiger partial charge in [0.15, 0.2) is 5.17 Å². The van der Waals surface area contributed by atoms with Gasteiger partial charge >= 0.3 is 0 Å². The van der Waals surface area contributed by atoms with E-state index in [9.17, 15) is 19.7 Å². The largest absolute Gasteiger partial charge is 0.326 e. The molecule has 29 heavy (non-hydrogen) atoms. The molecule has 3 rings (SSSR count). The number of nitrogens with zero attached hydrogens (tertiary/aromatic N) is 3. The Morgan fingerprint density at radius 2 is 2.00 bits per heavy atom. The first-order valence-corrected chi connectivity index (χ1v) is 10.0. The van der Waals surface area contributed by atoms with Crippen molar-refractivity contribution in [3.05, 3.63) is 64.7 Å². The van der Waals surface area contributed by atoms with Crippen LogP contribution in [0.5, 0.6) is 0 Å². The molecule has 0 spiro atoms. The number of hydrogen-bond donors (Lipinski definition) is 1. The van der Waals surface area contributed by atoms with Crippen molar-refractivity contribution >= 4 is 45.8 Å². The molecule has 1 N–H and O–H groups in total. The minimum Gasteiger partial charge on any atom is -0.326 e. The molecule has 0 aliphatic carbocycles. The number of nitro groups is 1. The van der Waals surface area contributed by atoms with Gasteiger partial charge in [0.05, 0.1) is 10.6 Å². The number of amidine groups is 1. The zero-order valence-electron chi connectivity index (χ0n) is 15.8. The molecular weight excluding hydrogens is 392 g/mol. The van der Waals surface area contributed by atoms with E-state index in [1.165, 1.54) is 30.0 Å².